The minimum absolute atomic E-state index is 0.131. The van der Waals surface area contributed by atoms with Crippen molar-refractivity contribution in [2.24, 2.45) is 0 Å². The summed E-state index contributed by atoms with van der Waals surface area (Å²) in [5.41, 5.74) is 3.69. The second kappa shape index (κ2) is 10.8. The summed E-state index contributed by atoms with van der Waals surface area (Å²) in [4.78, 5) is 19.3. The van der Waals surface area contributed by atoms with Gasteiger partial charge in [-0.15, -0.1) is 0 Å². The Morgan fingerprint density at radius 1 is 1.06 bits per heavy atom. The van der Waals surface area contributed by atoms with Crippen molar-refractivity contribution in [3.05, 3.63) is 59.9 Å². The maximum absolute atomic E-state index is 12.4. The van der Waals surface area contributed by atoms with Gasteiger partial charge in [-0.25, -0.2) is 4.98 Å². The summed E-state index contributed by atoms with van der Waals surface area (Å²) < 4.78 is 10.6. The van der Waals surface area contributed by atoms with Crippen LogP contribution in [0.5, 0.6) is 0 Å². The van der Waals surface area contributed by atoms with Crippen LogP contribution in [0.3, 0.4) is 0 Å². The summed E-state index contributed by atoms with van der Waals surface area (Å²) in [6.45, 7) is 11.6. The molecule has 0 radical (unpaired) electrons. The van der Waals surface area contributed by atoms with Gasteiger partial charge in [0.2, 0.25) is 11.8 Å². The molecule has 1 aliphatic rings. The standard InChI is InChI=1S/C26H33N5O3/c1-26(2,3)22-17-25(34-30-22)29-24(32)16-19-4-6-20(7-5-19)21-8-9-23(28-18-21)27-10-11-31-12-14-33-15-13-31/h4-9,17-18H,10-16H2,1-3H3,(H,27,28)(H,29,32). The first-order chi connectivity index (χ1) is 16.4. The largest absolute Gasteiger partial charge is 0.379 e. The van der Waals surface area contributed by atoms with Gasteiger partial charge in [0, 0.05) is 49.4 Å². The third-order valence-corrected chi connectivity index (χ3v) is 5.79. The van der Waals surface area contributed by atoms with Crippen LogP contribution in [0, 0.1) is 0 Å². The van der Waals surface area contributed by atoms with E-state index in [4.69, 9.17) is 9.26 Å². The van der Waals surface area contributed by atoms with Crippen LogP contribution < -0.4 is 10.6 Å². The van der Waals surface area contributed by atoms with E-state index < -0.39 is 0 Å². The lowest BCUT2D eigenvalue weighted by Crippen LogP contribution is -2.39. The summed E-state index contributed by atoms with van der Waals surface area (Å²) in [7, 11) is 0. The molecular weight excluding hydrogens is 430 g/mol. The van der Waals surface area contributed by atoms with Gasteiger partial charge in [-0.3, -0.25) is 15.0 Å². The second-order valence-electron chi connectivity index (χ2n) is 9.56. The summed E-state index contributed by atoms with van der Waals surface area (Å²) in [6.07, 6.45) is 2.13. The van der Waals surface area contributed by atoms with E-state index >= 15 is 0 Å². The van der Waals surface area contributed by atoms with Crippen LogP contribution >= 0.6 is 0 Å². The number of amides is 1. The fraction of sp³-hybridized carbons (Fsp3) is 0.423. The smallest absolute Gasteiger partial charge is 0.231 e. The van der Waals surface area contributed by atoms with E-state index in [-0.39, 0.29) is 17.7 Å². The lowest BCUT2D eigenvalue weighted by Gasteiger charge is -2.26. The van der Waals surface area contributed by atoms with Crippen molar-refractivity contribution < 1.29 is 14.1 Å². The fourth-order valence-electron chi connectivity index (χ4n) is 3.71. The molecule has 3 heterocycles. The van der Waals surface area contributed by atoms with Gasteiger partial charge in [0.15, 0.2) is 0 Å². The van der Waals surface area contributed by atoms with Gasteiger partial charge in [0.1, 0.15) is 5.82 Å². The highest BCUT2D eigenvalue weighted by molar-refractivity contribution is 5.91. The number of carbonyl (C=O) groups excluding carboxylic acids is 1. The van der Waals surface area contributed by atoms with E-state index in [9.17, 15) is 4.79 Å². The number of pyridine rings is 1. The number of anilines is 2. The van der Waals surface area contributed by atoms with Gasteiger partial charge in [0.25, 0.3) is 0 Å². The number of ether oxygens (including phenoxy) is 1. The number of hydrogen-bond acceptors (Lipinski definition) is 7. The zero-order valence-corrected chi connectivity index (χ0v) is 20.1. The Morgan fingerprint density at radius 3 is 2.44 bits per heavy atom. The number of carbonyl (C=O) groups is 1. The molecule has 180 valence electrons. The summed E-state index contributed by atoms with van der Waals surface area (Å²) in [5.74, 6) is 1.10. The van der Waals surface area contributed by atoms with Gasteiger partial charge < -0.3 is 14.6 Å². The quantitative estimate of drug-likeness (QED) is 0.522. The summed E-state index contributed by atoms with van der Waals surface area (Å²) in [6, 6.07) is 13.8. The van der Waals surface area contributed by atoms with E-state index in [1.54, 1.807) is 6.07 Å². The Hall–Kier alpha value is -3.23. The third-order valence-electron chi connectivity index (χ3n) is 5.79. The molecule has 0 aliphatic carbocycles. The van der Waals surface area contributed by atoms with Crippen molar-refractivity contribution in [3.8, 4) is 11.1 Å². The van der Waals surface area contributed by atoms with Gasteiger partial charge >= 0.3 is 0 Å². The molecule has 1 amide bonds. The molecule has 4 rings (SSSR count). The molecule has 0 saturated carbocycles. The van der Waals surface area contributed by atoms with Crippen molar-refractivity contribution in [3.63, 3.8) is 0 Å². The van der Waals surface area contributed by atoms with Crippen molar-refractivity contribution in [2.45, 2.75) is 32.6 Å². The average Bonchev–Trinajstić information content (AvgIpc) is 3.30. The van der Waals surface area contributed by atoms with E-state index in [1.807, 2.05) is 57.3 Å². The highest BCUT2D eigenvalue weighted by Gasteiger charge is 2.19. The highest BCUT2D eigenvalue weighted by atomic mass is 16.5. The van der Waals surface area contributed by atoms with Crippen LogP contribution in [0.25, 0.3) is 11.1 Å². The molecule has 8 nitrogen and oxygen atoms in total. The number of aromatic nitrogens is 2. The molecule has 1 saturated heterocycles. The number of morpholine rings is 1. The van der Waals surface area contributed by atoms with Crippen LogP contribution in [0.4, 0.5) is 11.7 Å². The Bertz CT molecular complexity index is 1070. The number of hydrogen-bond donors (Lipinski definition) is 2. The topological polar surface area (TPSA) is 92.5 Å². The molecule has 3 aromatic rings. The van der Waals surface area contributed by atoms with E-state index in [1.165, 1.54) is 0 Å². The van der Waals surface area contributed by atoms with Crippen molar-refractivity contribution >= 4 is 17.6 Å². The molecule has 8 heteroatoms. The molecule has 1 aromatic carbocycles. The van der Waals surface area contributed by atoms with Gasteiger partial charge in [-0.05, 0) is 23.3 Å². The van der Waals surface area contributed by atoms with Gasteiger partial charge in [-0.2, -0.15) is 0 Å². The molecule has 1 fully saturated rings. The highest BCUT2D eigenvalue weighted by Crippen LogP contribution is 2.24. The van der Waals surface area contributed by atoms with Crippen molar-refractivity contribution in [1.82, 2.24) is 15.0 Å². The monoisotopic (exact) mass is 463 g/mol. The minimum Gasteiger partial charge on any atom is -0.379 e. The van der Waals surface area contributed by atoms with Gasteiger partial charge in [0.05, 0.1) is 25.3 Å². The number of nitrogens with one attached hydrogen (secondary N) is 2. The molecule has 0 unspecified atom stereocenters. The van der Waals surface area contributed by atoms with Crippen LogP contribution in [0.15, 0.2) is 53.2 Å². The number of rotatable bonds is 8. The Labute approximate surface area is 200 Å². The zero-order valence-electron chi connectivity index (χ0n) is 20.1. The van der Waals surface area contributed by atoms with Crippen molar-refractivity contribution in [2.75, 3.05) is 50.0 Å². The first-order valence-corrected chi connectivity index (χ1v) is 11.7. The maximum atomic E-state index is 12.4. The normalized spacial score (nSPS) is 14.7. The number of benzene rings is 1. The second-order valence-corrected chi connectivity index (χ2v) is 9.56. The predicted octanol–water partition coefficient (Wildman–Crippen LogP) is 3.96. The Balaban J connectivity index is 1.26. The SMILES string of the molecule is CC(C)(C)c1cc(NC(=O)Cc2ccc(-c3ccc(NCCN4CCOCC4)nc3)cc2)on1. The maximum Gasteiger partial charge on any atom is 0.231 e. The molecular formula is C26H33N5O3. The molecule has 2 aromatic heterocycles. The average molecular weight is 464 g/mol. The molecule has 0 spiro atoms. The molecule has 34 heavy (non-hydrogen) atoms. The first-order valence-electron chi connectivity index (χ1n) is 11.7. The number of nitrogens with zero attached hydrogens (tertiary/aromatic N) is 3. The van der Waals surface area contributed by atoms with E-state index in [2.05, 4.69) is 31.7 Å². The van der Waals surface area contributed by atoms with Crippen LogP contribution in [0.1, 0.15) is 32.0 Å². The van der Waals surface area contributed by atoms with Crippen molar-refractivity contribution in [1.29, 1.82) is 0 Å². The summed E-state index contributed by atoms with van der Waals surface area (Å²) in [5, 5.41) is 10.2. The molecule has 2 N–H and O–H groups in total. The zero-order chi connectivity index (χ0) is 24.0. The Morgan fingerprint density at radius 2 is 1.79 bits per heavy atom. The van der Waals surface area contributed by atoms with E-state index in [0.29, 0.717) is 5.88 Å². The minimum atomic E-state index is -0.140. The van der Waals surface area contributed by atoms with Gasteiger partial charge in [-0.1, -0.05) is 50.2 Å². The molecule has 0 atom stereocenters. The van der Waals surface area contributed by atoms with E-state index in [0.717, 1.165) is 67.6 Å². The first kappa shape index (κ1) is 23.9. The lowest BCUT2D eigenvalue weighted by atomic mass is 9.92. The fourth-order valence-corrected chi connectivity index (χ4v) is 3.71. The van der Waals surface area contributed by atoms with Crippen LogP contribution in [-0.4, -0.2) is 60.3 Å². The Kier molecular flexibility index (Phi) is 7.59. The lowest BCUT2D eigenvalue weighted by molar-refractivity contribution is -0.115. The van der Waals surface area contributed by atoms with Crippen LogP contribution in [-0.2, 0) is 21.4 Å². The predicted molar refractivity (Wildman–Crippen MR) is 133 cm³/mol. The third kappa shape index (κ3) is 6.65. The molecule has 1 aliphatic heterocycles. The summed E-state index contributed by atoms with van der Waals surface area (Å²) >= 11 is 0. The molecule has 0 bridgehead atoms. The van der Waals surface area contributed by atoms with Crippen LogP contribution in [0.2, 0.25) is 0 Å².